The first-order valence-corrected chi connectivity index (χ1v) is 12.6. The maximum absolute atomic E-state index is 13.7. The Kier molecular flexibility index (Phi) is 6.38. The zero-order chi connectivity index (χ0) is 26.2. The molecule has 11 nitrogen and oxygen atoms in total. The summed E-state index contributed by atoms with van der Waals surface area (Å²) in [5, 5.41) is 6.86. The van der Waals surface area contributed by atoms with E-state index in [1.165, 1.54) is 4.90 Å². The van der Waals surface area contributed by atoms with Gasteiger partial charge in [0, 0.05) is 17.3 Å². The van der Waals surface area contributed by atoms with Crippen molar-refractivity contribution in [1.82, 2.24) is 19.9 Å². The number of urea groups is 1. The van der Waals surface area contributed by atoms with Crippen LogP contribution in [0.1, 0.15) is 24.3 Å². The number of amides is 4. The second-order valence-electron chi connectivity index (χ2n) is 9.80. The first kappa shape index (κ1) is 24.3. The molecule has 3 aromatic rings. The van der Waals surface area contributed by atoms with Crippen molar-refractivity contribution in [3.8, 4) is 11.4 Å². The Labute approximate surface area is 218 Å². The minimum absolute atomic E-state index is 0.127. The number of imide groups is 1. The van der Waals surface area contributed by atoms with E-state index in [-0.39, 0.29) is 49.8 Å². The first-order valence-electron chi connectivity index (χ1n) is 12.6. The van der Waals surface area contributed by atoms with Gasteiger partial charge in [0.1, 0.15) is 19.9 Å². The SMILES string of the molecule is Cc1cccc(NC(=O)CN2C(=O)N(Cc3nc(-c4ccccc4)no3)C(=O)C3CC4OCOC4CC32)c1. The summed E-state index contributed by atoms with van der Waals surface area (Å²) in [4.78, 5) is 47.3. The van der Waals surface area contributed by atoms with Gasteiger partial charge in [0.15, 0.2) is 0 Å². The topological polar surface area (TPSA) is 127 Å². The Balaban J connectivity index is 1.25. The zero-order valence-electron chi connectivity index (χ0n) is 20.8. The molecule has 4 unspecified atom stereocenters. The molecule has 38 heavy (non-hydrogen) atoms. The van der Waals surface area contributed by atoms with Gasteiger partial charge in [-0.15, -0.1) is 0 Å². The number of rotatable bonds is 6. The third kappa shape index (κ3) is 4.66. The smallest absolute Gasteiger partial charge is 0.327 e. The summed E-state index contributed by atoms with van der Waals surface area (Å²) in [7, 11) is 0. The average Bonchev–Trinajstić information content (AvgIpc) is 3.58. The summed E-state index contributed by atoms with van der Waals surface area (Å²) in [5.74, 6) is -0.751. The van der Waals surface area contributed by atoms with Crippen LogP contribution in [0.5, 0.6) is 0 Å². The lowest BCUT2D eigenvalue weighted by Gasteiger charge is -2.48. The minimum atomic E-state index is -0.576. The average molecular weight is 518 g/mol. The molecule has 1 N–H and O–H groups in total. The summed E-state index contributed by atoms with van der Waals surface area (Å²) >= 11 is 0. The summed E-state index contributed by atoms with van der Waals surface area (Å²) < 4.78 is 16.7. The van der Waals surface area contributed by atoms with E-state index >= 15 is 0 Å². The molecule has 2 aliphatic heterocycles. The number of carbonyl (C=O) groups is 3. The lowest BCUT2D eigenvalue weighted by Crippen LogP contribution is -2.65. The van der Waals surface area contributed by atoms with Gasteiger partial charge in [-0.05, 0) is 37.5 Å². The van der Waals surface area contributed by atoms with E-state index in [0.717, 1.165) is 16.0 Å². The van der Waals surface area contributed by atoms with Crippen LogP contribution in [0, 0.1) is 12.8 Å². The monoisotopic (exact) mass is 517 g/mol. The fourth-order valence-corrected chi connectivity index (χ4v) is 5.45. The number of hydrogen-bond acceptors (Lipinski definition) is 8. The van der Waals surface area contributed by atoms with Gasteiger partial charge >= 0.3 is 6.03 Å². The van der Waals surface area contributed by atoms with Crippen LogP contribution in [0.3, 0.4) is 0 Å². The lowest BCUT2D eigenvalue weighted by atomic mass is 9.78. The maximum atomic E-state index is 13.7. The van der Waals surface area contributed by atoms with Gasteiger partial charge in [-0.3, -0.25) is 14.5 Å². The first-order chi connectivity index (χ1) is 18.5. The molecule has 4 amide bonds. The second-order valence-corrected chi connectivity index (χ2v) is 9.80. The summed E-state index contributed by atoms with van der Waals surface area (Å²) in [5.41, 5.74) is 2.39. The van der Waals surface area contributed by atoms with E-state index in [0.29, 0.717) is 24.4 Å². The van der Waals surface area contributed by atoms with Gasteiger partial charge in [0.05, 0.1) is 18.1 Å². The van der Waals surface area contributed by atoms with Crippen molar-refractivity contribution in [1.29, 1.82) is 0 Å². The van der Waals surface area contributed by atoms with Crippen molar-refractivity contribution >= 4 is 23.5 Å². The fourth-order valence-electron chi connectivity index (χ4n) is 5.45. The third-order valence-corrected chi connectivity index (χ3v) is 7.27. The standard InChI is InChI=1S/C27H27N5O6/c1-16-6-5-9-18(10-16)28-23(33)13-31-20-12-22-21(36-15-37-22)11-19(20)26(34)32(27(31)35)14-24-29-25(30-38-24)17-7-3-2-4-8-17/h2-10,19-22H,11-15H2,1H3,(H,28,33). The van der Waals surface area contributed by atoms with Crippen LogP contribution >= 0.6 is 0 Å². The molecular weight excluding hydrogens is 490 g/mol. The molecule has 1 saturated carbocycles. The molecule has 196 valence electrons. The van der Waals surface area contributed by atoms with E-state index in [2.05, 4.69) is 15.5 Å². The molecule has 2 saturated heterocycles. The molecule has 1 aromatic heterocycles. The lowest BCUT2D eigenvalue weighted by molar-refractivity contribution is -0.145. The van der Waals surface area contributed by atoms with Crippen LogP contribution in [0.25, 0.3) is 11.4 Å². The van der Waals surface area contributed by atoms with Gasteiger partial charge < -0.3 is 24.2 Å². The Morgan fingerprint density at radius 1 is 1.05 bits per heavy atom. The number of nitrogens with zero attached hydrogens (tertiary/aromatic N) is 4. The number of hydrogen-bond donors (Lipinski definition) is 1. The summed E-state index contributed by atoms with van der Waals surface area (Å²) in [6.07, 6.45) is 0.353. The molecule has 2 aromatic carbocycles. The van der Waals surface area contributed by atoms with Crippen LogP contribution in [-0.4, -0.2) is 69.4 Å². The Bertz CT molecular complexity index is 1360. The van der Waals surface area contributed by atoms with Gasteiger partial charge in [0.25, 0.3) is 0 Å². The molecule has 0 radical (unpaired) electrons. The molecule has 3 heterocycles. The van der Waals surface area contributed by atoms with Crippen molar-refractivity contribution in [2.75, 3.05) is 18.7 Å². The number of nitrogens with one attached hydrogen (secondary N) is 1. The van der Waals surface area contributed by atoms with Gasteiger partial charge in [-0.1, -0.05) is 47.6 Å². The van der Waals surface area contributed by atoms with E-state index in [4.69, 9.17) is 14.0 Å². The fraction of sp³-hybridized carbons (Fsp3) is 0.370. The normalized spacial score (nSPS) is 24.8. The number of aryl methyl sites for hydroxylation is 1. The van der Waals surface area contributed by atoms with Crippen molar-refractivity contribution < 1.29 is 28.4 Å². The van der Waals surface area contributed by atoms with Crippen LogP contribution in [0.15, 0.2) is 59.1 Å². The molecule has 11 heteroatoms. The van der Waals surface area contributed by atoms with Crippen LogP contribution in [-0.2, 0) is 25.6 Å². The van der Waals surface area contributed by atoms with Crippen LogP contribution in [0.4, 0.5) is 10.5 Å². The predicted molar refractivity (Wildman–Crippen MR) is 133 cm³/mol. The molecule has 1 aliphatic carbocycles. The van der Waals surface area contributed by atoms with Crippen molar-refractivity contribution in [3.05, 3.63) is 66.1 Å². The number of ether oxygens (including phenoxy) is 2. The van der Waals surface area contributed by atoms with Gasteiger partial charge in [-0.25, -0.2) is 4.79 Å². The van der Waals surface area contributed by atoms with E-state index in [1.54, 1.807) is 6.07 Å². The van der Waals surface area contributed by atoms with E-state index < -0.39 is 18.0 Å². The number of benzene rings is 2. The molecule has 4 atom stereocenters. The Hall–Kier alpha value is -4.09. The number of aromatic nitrogens is 2. The molecular formula is C27H27N5O6. The number of carbonyl (C=O) groups excluding carboxylic acids is 3. The van der Waals surface area contributed by atoms with Gasteiger partial charge in [-0.2, -0.15) is 4.98 Å². The highest BCUT2D eigenvalue weighted by Crippen LogP contribution is 2.39. The number of fused-ring (bicyclic) bond motifs is 2. The molecule has 0 bridgehead atoms. The minimum Gasteiger partial charge on any atom is -0.349 e. The molecule has 3 aliphatic rings. The Morgan fingerprint density at radius 3 is 2.63 bits per heavy atom. The van der Waals surface area contributed by atoms with Crippen molar-refractivity contribution in [3.63, 3.8) is 0 Å². The second kappa shape index (κ2) is 9.99. The van der Waals surface area contributed by atoms with Crippen molar-refractivity contribution in [2.45, 2.75) is 44.6 Å². The summed E-state index contributed by atoms with van der Waals surface area (Å²) in [6.45, 7) is 1.68. The zero-order valence-corrected chi connectivity index (χ0v) is 20.8. The molecule has 3 fully saturated rings. The quantitative estimate of drug-likeness (QED) is 0.529. The third-order valence-electron chi connectivity index (χ3n) is 7.27. The van der Waals surface area contributed by atoms with E-state index in [1.807, 2.05) is 55.5 Å². The van der Waals surface area contributed by atoms with E-state index in [9.17, 15) is 14.4 Å². The highest BCUT2D eigenvalue weighted by molar-refractivity contribution is 6.01. The molecule has 6 rings (SSSR count). The Morgan fingerprint density at radius 2 is 1.84 bits per heavy atom. The predicted octanol–water partition coefficient (Wildman–Crippen LogP) is 2.97. The maximum Gasteiger partial charge on any atom is 0.327 e. The van der Waals surface area contributed by atoms with Crippen molar-refractivity contribution in [2.24, 2.45) is 5.92 Å². The highest BCUT2D eigenvalue weighted by atomic mass is 16.7. The number of anilines is 1. The largest absolute Gasteiger partial charge is 0.349 e. The summed E-state index contributed by atoms with van der Waals surface area (Å²) in [6, 6.07) is 15.6. The van der Waals surface area contributed by atoms with Crippen LogP contribution < -0.4 is 5.32 Å². The van der Waals surface area contributed by atoms with Crippen LogP contribution in [0.2, 0.25) is 0 Å². The molecule has 0 spiro atoms. The van der Waals surface area contributed by atoms with Gasteiger partial charge in [0.2, 0.25) is 23.5 Å². The highest BCUT2D eigenvalue weighted by Gasteiger charge is 2.53.